The van der Waals surface area contributed by atoms with E-state index < -0.39 is 9.84 Å². The number of likely N-dealkylation sites (tertiary alicyclic amines) is 1. The van der Waals surface area contributed by atoms with Crippen LogP contribution in [0.2, 0.25) is 0 Å². The Kier molecular flexibility index (Phi) is 4.36. The van der Waals surface area contributed by atoms with Crippen LogP contribution in [0.25, 0.3) is 0 Å². The van der Waals surface area contributed by atoms with E-state index in [2.05, 4.69) is 20.5 Å². The van der Waals surface area contributed by atoms with Crippen LogP contribution in [0, 0.1) is 5.92 Å². The van der Waals surface area contributed by atoms with Crippen molar-refractivity contribution in [2.45, 2.75) is 36.8 Å². The van der Waals surface area contributed by atoms with Crippen LogP contribution in [0.3, 0.4) is 0 Å². The Morgan fingerprint density at radius 3 is 3.04 bits per heavy atom. The van der Waals surface area contributed by atoms with E-state index in [4.69, 9.17) is 4.74 Å². The average molecular weight is 355 g/mol. The van der Waals surface area contributed by atoms with Gasteiger partial charge in [0, 0.05) is 39.2 Å². The molecular formula is C15H25N5O3S. The van der Waals surface area contributed by atoms with Crippen LogP contribution in [0.4, 0.5) is 0 Å². The first-order chi connectivity index (χ1) is 11.6. The van der Waals surface area contributed by atoms with Crippen LogP contribution in [0.1, 0.15) is 24.6 Å². The van der Waals surface area contributed by atoms with Crippen LogP contribution in [0.15, 0.2) is 6.20 Å². The zero-order valence-electron chi connectivity index (χ0n) is 14.0. The fourth-order valence-corrected chi connectivity index (χ4v) is 6.74. The van der Waals surface area contributed by atoms with Crippen molar-refractivity contribution in [3.63, 3.8) is 0 Å². The molecule has 0 spiro atoms. The second-order valence-electron chi connectivity index (χ2n) is 7.17. The number of aromatic nitrogens is 3. The highest BCUT2D eigenvalue weighted by Gasteiger charge is 2.52. The molecule has 134 valence electrons. The number of nitrogens with zero attached hydrogens (tertiary/aromatic N) is 4. The highest BCUT2D eigenvalue weighted by atomic mass is 32.2. The summed E-state index contributed by atoms with van der Waals surface area (Å²) < 4.78 is 32.1. The number of piperidine rings is 1. The molecule has 3 aliphatic rings. The van der Waals surface area contributed by atoms with Gasteiger partial charge in [0.2, 0.25) is 0 Å². The summed E-state index contributed by atoms with van der Waals surface area (Å²) in [6.07, 6.45) is 3.89. The minimum atomic E-state index is -3.04. The third-order valence-corrected chi connectivity index (χ3v) is 7.89. The molecule has 1 aromatic heterocycles. The van der Waals surface area contributed by atoms with Gasteiger partial charge in [0.1, 0.15) is 0 Å². The van der Waals surface area contributed by atoms with Crippen molar-refractivity contribution in [1.82, 2.24) is 25.2 Å². The van der Waals surface area contributed by atoms with Crippen LogP contribution in [-0.4, -0.2) is 78.7 Å². The summed E-state index contributed by atoms with van der Waals surface area (Å²) in [5.74, 6) is 0.251. The van der Waals surface area contributed by atoms with Crippen LogP contribution < -0.4 is 5.32 Å². The Hall–Kier alpha value is -1.03. The molecule has 0 saturated carbocycles. The van der Waals surface area contributed by atoms with E-state index in [1.807, 2.05) is 10.9 Å². The molecule has 3 fully saturated rings. The fourth-order valence-electron chi connectivity index (χ4n) is 4.42. The van der Waals surface area contributed by atoms with Gasteiger partial charge < -0.3 is 10.1 Å². The van der Waals surface area contributed by atoms with Gasteiger partial charge >= 0.3 is 0 Å². The third-order valence-electron chi connectivity index (χ3n) is 5.67. The molecule has 3 saturated heterocycles. The molecule has 0 aromatic carbocycles. The van der Waals surface area contributed by atoms with E-state index in [0.29, 0.717) is 19.1 Å². The molecule has 3 aliphatic heterocycles. The minimum Gasteiger partial charge on any atom is -0.380 e. The molecule has 9 heteroatoms. The molecule has 24 heavy (non-hydrogen) atoms. The molecular weight excluding hydrogens is 330 g/mol. The maximum absolute atomic E-state index is 12.3. The number of hydrogen-bond donors (Lipinski definition) is 1. The van der Waals surface area contributed by atoms with Crippen molar-refractivity contribution in [1.29, 1.82) is 0 Å². The van der Waals surface area contributed by atoms with Crippen molar-refractivity contribution in [2.75, 3.05) is 39.0 Å². The maximum Gasteiger partial charge on any atom is 0.157 e. The molecule has 1 unspecified atom stereocenters. The molecule has 8 nitrogen and oxygen atoms in total. The summed E-state index contributed by atoms with van der Waals surface area (Å²) in [6.45, 7) is 4.02. The second-order valence-corrected chi connectivity index (χ2v) is 9.43. The normalized spacial score (nSPS) is 36.0. The smallest absolute Gasteiger partial charge is 0.157 e. The lowest BCUT2D eigenvalue weighted by atomic mass is 10.0. The Balaban J connectivity index is 1.47. The summed E-state index contributed by atoms with van der Waals surface area (Å²) in [5, 5.41) is 11.5. The van der Waals surface area contributed by atoms with E-state index >= 15 is 0 Å². The third kappa shape index (κ3) is 2.87. The minimum absolute atomic E-state index is 0.0840. The van der Waals surface area contributed by atoms with Gasteiger partial charge in [0.25, 0.3) is 0 Å². The number of fused-ring (bicyclic) bond motifs is 1. The predicted molar refractivity (Wildman–Crippen MR) is 88.3 cm³/mol. The first kappa shape index (κ1) is 16.4. The van der Waals surface area contributed by atoms with Crippen molar-refractivity contribution in [3.05, 3.63) is 11.9 Å². The maximum atomic E-state index is 12.3. The number of methoxy groups -OCH3 is 1. The Labute approximate surface area is 142 Å². The predicted octanol–water partition coefficient (Wildman–Crippen LogP) is -0.554. The van der Waals surface area contributed by atoms with Crippen LogP contribution in [-0.2, 0) is 21.1 Å². The number of nitrogens with one attached hydrogen (secondary N) is 1. The first-order valence-electron chi connectivity index (χ1n) is 8.65. The average Bonchev–Trinajstić information content (AvgIpc) is 3.26. The van der Waals surface area contributed by atoms with Gasteiger partial charge in [-0.3, -0.25) is 4.90 Å². The van der Waals surface area contributed by atoms with E-state index in [-0.39, 0.29) is 23.0 Å². The van der Waals surface area contributed by atoms with Crippen molar-refractivity contribution in [3.8, 4) is 0 Å². The zero-order valence-corrected chi connectivity index (χ0v) is 14.8. The van der Waals surface area contributed by atoms with Crippen molar-refractivity contribution in [2.24, 2.45) is 5.92 Å². The van der Waals surface area contributed by atoms with E-state index in [9.17, 15) is 8.42 Å². The van der Waals surface area contributed by atoms with Crippen LogP contribution in [0.5, 0.6) is 0 Å². The molecule has 0 bridgehead atoms. The van der Waals surface area contributed by atoms with Crippen LogP contribution >= 0.6 is 0 Å². The largest absolute Gasteiger partial charge is 0.380 e. The molecule has 1 N–H and O–H groups in total. The van der Waals surface area contributed by atoms with Gasteiger partial charge in [0.15, 0.2) is 9.84 Å². The van der Waals surface area contributed by atoms with Gasteiger partial charge in [0.05, 0.1) is 35.0 Å². The standard InChI is InChI=1S/C15H25N5O3S/c1-23-14-10-24(21,22)15-9-19(8-13(14)15)7-12-6-17-18-20(12)11-3-2-4-16-5-11/h6,11,13-16H,2-5,7-10H2,1H3/t11?,13-,14+,15-/m0/s1. The fraction of sp³-hybridized carbons (Fsp3) is 0.867. The highest BCUT2D eigenvalue weighted by molar-refractivity contribution is 7.92. The quantitative estimate of drug-likeness (QED) is 0.775. The van der Waals surface area contributed by atoms with Gasteiger partial charge in [-0.15, -0.1) is 5.10 Å². The molecule has 4 heterocycles. The number of rotatable bonds is 4. The zero-order chi connectivity index (χ0) is 16.7. The molecule has 4 atom stereocenters. The van der Waals surface area contributed by atoms with E-state index in [1.54, 1.807) is 7.11 Å². The monoisotopic (exact) mass is 355 g/mol. The molecule has 4 rings (SSSR count). The van der Waals surface area contributed by atoms with Gasteiger partial charge in [-0.05, 0) is 19.4 Å². The lowest BCUT2D eigenvalue weighted by molar-refractivity contribution is 0.0800. The first-order valence-corrected chi connectivity index (χ1v) is 10.4. The summed E-state index contributed by atoms with van der Waals surface area (Å²) in [7, 11) is -1.43. The van der Waals surface area contributed by atoms with E-state index in [0.717, 1.165) is 38.2 Å². The lowest BCUT2D eigenvalue weighted by Crippen LogP contribution is -2.34. The van der Waals surface area contributed by atoms with Gasteiger partial charge in [-0.2, -0.15) is 0 Å². The molecule has 0 amide bonds. The summed E-state index contributed by atoms with van der Waals surface area (Å²) in [6, 6.07) is 0.341. The van der Waals surface area contributed by atoms with Crippen molar-refractivity contribution < 1.29 is 13.2 Å². The second kappa shape index (κ2) is 6.36. The van der Waals surface area contributed by atoms with Gasteiger partial charge in [-0.1, -0.05) is 5.21 Å². The number of ether oxygens (including phenoxy) is 1. The van der Waals surface area contributed by atoms with Gasteiger partial charge in [-0.25, -0.2) is 13.1 Å². The summed E-state index contributed by atoms with van der Waals surface area (Å²) >= 11 is 0. The Morgan fingerprint density at radius 2 is 2.29 bits per heavy atom. The highest BCUT2D eigenvalue weighted by Crippen LogP contribution is 2.36. The Morgan fingerprint density at radius 1 is 1.42 bits per heavy atom. The number of hydrogen-bond acceptors (Lipinski definition) is 7. The molecule has 0 radical (unpaired) electrons. The topological polar surface area (TPSA) is 89.4 Å². The molecule has 1 aromatic rings. The summed E-state index contributed by atoms with van der Waals surface area (Å²) in [5.41, 5.74) is 1.06. The summed E-state index contributed by atoms with van der Waals surface area (Å²) in [4.78, 5) is 2.21. The van der Waals surface area contributed by atoms with E-state index in [1.165, 1.54) is 0 Å². The van der Waals surface area contributed by atoms with Crippen molar-refractivity contribution >= 4 is 9.84 Å². The lowest BCUT2D eigenvalue weighted by Gasteiger charge is -2.25. The molecule has 0 aliphatic carbocycles. The SMILES string of the molecule is CO[C@@H]1CS(=O)(=O)[C@H]2CN(Cc3cnnn3C3CCCNC3)C[C@@H]12. The number of sulfone groups is 1. The Bertz CT molecular complexity index is 685.